The van der Waals surface area contributed by atoms with Gasteiger partial charge in [0.2, 0.25) is 5.91 Å². The summed E-state index contributed by atoms with van der Waals surface area (Å²) in [5.41, 5.74) is 1.08. The van der Waals surface area contributed by atoms with Crippen molar-refractivity contribution in [2.75, 3.05) is 7.05 Å². The summed E-state index contributed by atoms with van der Waals surface area (Å²) in [6.45, 7) is 4.59. The van der Waals surface area contributed by atoms with E-state index in [2.05, 4.69) is 17.6 Å². The summed E-state index contributed by atoms with van der Waals surface area (Å²) in [4.78, 5) is 17.6. The van der Waals surface area contributed by atoms with Crippen LogP contribution in [0, 0.1) is 5.92 Å². The number of rotatable bonds is 4. The zero-order valence-electron chi connectivity index (χ0n) is 9.92. The van der Waals surface area contributed by atoms with Gasteiger partial charge < -0.3 is 4.90 Å². The molecular formula is C12H18N2OS. The van der Waals surface area contributed by atoms with Crippen molar-refractivity contribution in [2.45, 2.75) is 25.6 Å². The maximum atomic E-state index is 11.9. The number of aromatic nitrogens is 1. The largest absolute Gasteiger partial charge is 0.340 e. The van der Waals surface area contributed by atoms with E-state index in [0.717, 1.165) is 5.56 Å². The molecule has 1 rings (SSSR count). The Kier molecular flexibility index (Phi) is 4.80. The Morgan fingerprint density at radius 1 is 1.44 bits per heavy atom. The van der Waals surface area contributed by atoms with Crippen LogP contribution >= 0.6 is 12.6 Å². The highest BCUT2D eigenvalue weighted by Gasteiger charge is 2.21. The van der Waals surface area contributed by atoms with E-state index in [0.29, 0.717) is 6.54 Å². The molecule has 0 aromatic carbocycles. The summed E-state index contributed by atoms with van der Waals surface area (Å²) in [7, 11) is 1.80. The van der Waals surface area contributed by atoms with E-state index in [1.54, 1.807) is 24.3 Å². The Labute approximate surface area is 102 Å². The predicted octanol–water partition coefficient (Wildman–Crippen LogP) is 1.99. The highest BCUT2D eigenvalue weighted by Crippen LogP contribution is 2.13. The number of thiol groups is 1. The molecule has 0 bridgehead atoms. The van der Waals surface area contributed by atoms with E-state index < -0.39 is 0 Å². The molecule has 0 radical (unpaired) electrons. The fourth-order valence-corrected chi connectivity index (χ4v) is 1.55. The molecule has 1 atom stereocenters. The second-order valence-corrected chi connectivity index (χ2v) is 4.79. The Morgan fingerprint density at radius 3 is 2.50 bits per heavy atom. The molecule has 0 spiro atoms. The number of carbonyl (C=O) groups is 1. The zero-order valence-corrected chi connectivity index (χ0v) is 10.8. The lowest BCUT2D eigenvalue weighted by Crippen LogP contribution is -2.35. The second-order valence-electron chi connectivity index (χ2n) is 4.24. The minimum atomic E-state index is -0.230. The minimum Gasteiger partial charge on any atom is -0.340 e. The Bertz CT molecular complexity index is 340. The first-order valence-corrected chi connectivity index (χ1v) is 5.86. The Hall–Kier alpha value is -1.03. The van der Waals surface area contributed by atoms with Crippen molar-refractivity contribution in [1.82, 2.24) is 9.88 Å². The number of carbonyl (C=O) groups excluding carboxylic acids is 1. The van der Waals surface area contributed by atoms with Crippen LogP contribution in [0.25, 0.3) is 0 Å². The molecule has 0 aliphatic heterocycles. The fourth-order valence-electron chi connectivity index (χ4n) is 1.35. The normalized spacial score (nSPS) is 12.6. The second kappa shape index (κ2) is 5.89. The third-order valence-electron chi connectivity index (χ3n) is 2.43. The van der Waals surface area contributed by atoms with Gasteiger partial charge in [-0.1, -0.05) is 13.8 Å². The quantitative estimate of drug-likeness (QED) is 0.814. The maximum absolute atomic E-state index is 11.9. The summed E-state index contributed by atoms with van der Waals surface area (Å²) >= 11 is 4.32. The average Bonchev–Trinajstić information content (AvgIpc) is 2.28. The molecule has 88 valence electrons. The van der Waals surface area contributed by atoms with E-state index in [1.165, 1.54) is 0 Å². The van der Waals surface area contributed by atoms with Crippen LogP contribution in [-0.4, -0.2) is 28.1 Å². The van der Waals surface area contributed by atoms with Gasteiger partial charge in [-0.25, -0.2) is 0 Å². The van der Waals surface area contributed by atoms with Gasteiger partial charge >= 0.3 is 0 Å². The third-order valence-corrected chi connectivity index (χ3v) is 3.25. The summed E-state index contributed by atoms with van der Waals surface area (Å²) in [5, 5.41) is -0.230. The lowest BCUT2D eigenvalue weighted by atomic mass is 10.1. The third kappa shape index (κ3) is 3.52. The predicted molar refractivity (Wildman–Crippen MR) is 68.3 cm³/mol. The monoisotopic (exact) mass is 238 g/mol. The van der Waals surface area contributed by atoms with Crippen LogP contribution in [0.5, 0.6) is 0 Å². The van der Waals surface area contributed by atoms with Gasteiger partial charge in [-0.3, -0.25) is 9.78 Å². The van der Waals surface area contributed by atoms with Gasteiger partial charge in [0.05, 0.1) is 5.25 Å². The van der Waals surface area contributed by atoms with Gasteiger partial charge in [-0.15, -0.1) is 0 Å². The zero-order chi connectivity index (χ0) is 12.1. The van der Waals surface area contributed by atoms with Crippen LogP contribution in [-0.2, 0) is 11.3 Å². The summed E-state index contributed by atoms with van der Waals surface area (Å²) in [6.07, 6.45) is 3.46. The van der Waals surface area contributed by atoms with Crippen LogP contribution in [0.3, 0.4) is 0 Å². The number of amides is 1. The molecule has 1 heterocycles. The standard InChI is InChI=1S/C12H18N2OS/c1-9(2)11(16)12(15)14(3)8-10-4-6-13-7-5-10/h4-7,9,11,16H,8H2,1-3H3. The van der Waals surface area contributed by atoms with Crippen LogP contribution in [0.2, 0.25) is 0 Å². The molecule has 1 amide bonds. The van der Waals surface area contributed by atoms with E-state index in [9.17, 15) is 4.79 Å². The van der Waals surface area contributed by atoms with E-state index in [1.807, 2.05) is 26.0 Å². The van der Waals surface area contributed by atoms with Crippen LogP contribution < -0.4 is 0 Å². The minimum absolute atomic E-state index is 0.0649. The summed E-state index contributed by atoms with van der Waals surface area (Å²) in [6, 6.07) is 3.82. The molecule has 0 saturated carbocycles. The molecule has 0 aliphatic rings. The first-order chi connectivity index (χ1) is 7.52. The van der Waals surface area contributed by atoms with Gasteiger partial charge in [0.15, 0.2) is 0 Å². The van der Waals surface area contributed by atoms with Crippen molar-refractivity contribution in [3.05, 3.63) is 30.1 Å². The summed E-state index contributed by atoms with van der Waals surface area (Å²) < 4.78 is 0. The van der Waals surface area contributed by atoms with Crippen molar-refractivity contribution < 1.29 is 4.79 Å². The van der Waals surface area contributed by atoms with E-state index in [-0.39, 0.29) is 17.1 Å². The molecule has 0 N–H and O–H groups in total. The highest BCUT2D eigenvalue weighted by atomic mass is 32.1. The lowest BCUT2D eigenvalue weighted by Gasteiger charge is -2.22. The van der Waals surface area contributed by atoms with Crippen LogP contribution in [0.4, 0.5) is 0 Å². The number of nitrogens with zero attached hydrogens (tertiary/aromatic N) is 2. The van der Waals surface area contributed by atoms with Gasteiger partial charge in [0.25, 0.3) is 0 Å². The van der Waals surface area contributed by atoms with Crippen molar-refractivity contribution in [2.24, 2.45) is 5.92 Å². The summed E-state index contributed by atoms with van der Waals surface area (Å²) in [5.74, 6) is 0.311. The maximum Gasteiger partial charge on any atom is 0.235 e. The van der Waals surface area contributed by atoms with Gasteiger partial charge in [-0.05, 0) is 23.6 Å². The van der Waals surface area contributed by atoms with Crippen LogP contribution in [0.15, 0.2) is 24.5 Å². The van der Waals surface area contributed by atoms with E-state index in [4.69, 9.17) is 0 Å². The Balaban J connectivity index is 2.59. The molecule has 16 heavy (non-hydrogen) atoms. The van der Waals surface area contributed by atoms with Crippen molar-refractivity contribution in [3.63, 3.8) is 0 Å². The molecule has 3 nitrogen and oxygen atoms in total. The van der Waals surface area contributed by atoms with Crippen molar-refractivity contribution in [3.8, 4) is 0 Å². The first kappa shape index (κ1) is 13.0. The molecule has 1 aromatic heterocycles. The number of pyridine rings is 1. The molecule has 0 aliphatic carbocycles. The van der Waals surface area contributed by atoms with Gasteiger partial charge in [0.1, 0.15) is 0 Å². The SMILES string of the molecule is CC(C)C(S)C(=O)N(C)Cc1ccncc1. The Morgan fingerprint density at radius 2 is 2.00 bits per heavy atom. The number of hydrogen-bond acceptors (Lipinski definition) is 3. The fraction of sp³-hybridized carbons (Fsp3) is 0.500. The highest BCUT2D eigenvalue weighted by molar-refractivity contribution is 7.81. The smallest absolute Gasteiger partial charge is 0.235 e. The average molecular weight is 238 g/mol. The molecule has 1 aromatic rings. The molecule has 1 unspecified atom stereocenters. The lowest BCUT2D eigenvalue weighted by molar-refractivity contribution is -0.130. The molecular weight excluding hydrogens is 220 g/mol. The van der Waals surface area contributed by atoms with Gasteiger partial charge in [-0.2, -0.15) is 12.6 Å². The van der Waals surface area contributed by atoms with Crippen LogP contribution in [0.1, 0.15) is 19.4 Å². The topological polar surface area (TPSA) is 33.2 Å². The van der Waals surface area contributed by atoms with Crippen molar-refractivity contribution >= 4 is 18.5 Å². The molecule has 0 saturated heterocycles. The molecule has 4 heteroatoms. The first-order valence-electron chi connectivity index (χ1n) is 5.34. The number of hydrogen-bond donors (Lipinski definition) is 1. The van der Waals surface area contributed by atoms with Gasteiger partial charge in [0, 0.05) is 26.0 Å². The van der Waals surface area contributed by atoms with Crippen molar-refractivity contribution in [1.29, 1.82) is 0 Å². The van der Waals surface area contributed by atoms with E-state index >= 15 is 0 Å². The molecule has 0 fully saturated rings.